The highest BCUT2D eigenvalue weighted by atomic mass is 32.2. The van der Waals surface area contributed by atoms with Crippen LogP contribution in [0.25, 0.3) is 0 Å². The van der Waals surface area contributed by atoms with Gasteiger partial charge in [0.05, 0.1) is 36.0 Å². The molecule has 0 saturated heterocycles. The van der Waals surface area contributed by atoms with Gasteiger partial charge in [0.2, 0.25) is 0 Å². The van der Waals surface area contributed by atoms with Crippen molar-refractivity contribution in [2.24, 2.45) is 5.92 Å². The molecular weight excluding hydrogens is 609 g/mol. The van der Waals surface area contributed by atoms with Gasteiger partial charge in [0, 0.05) is 25.2 Å². The molecule has 0 saturated carbocycles. The molecule has 3 amide bonds. The summed E-state index contributed by atoms with van der Waals surface area (Å²) in [6, 6.07) is 10.1. The molecule has 0 fully saturated rings. The Hall–Kier alpha value is -3.66. The Morgan fingerprint density at radius 3 is 2.47 bits per heavy atom. The summed E-state index contributed by atoms with van der Waals surface area (Å²) in [4.78, 5) is 28.0. The number of benzene rings is 2. The summed E-state index contributed by atoms with van der Waals surface area (Å²) in [7, 11) is -2.41. The van der Waals surface area contributed by atoms with Crippen molar-refractivity contribution in [3.8, 4) is 5.75 Å². The Bertz CT molecular complexity index is 1550. The van der Waals surface area contributed by atoms with Crippen molar-refractivity contribution in [3.63, 3.8) is 0 Å². The number of fused-ring (bicyclic) bond motifs is 1. The molecule has 3 aromatic rings. The Morgan fingerprint density at radius 2 is 1.86 bits per heavy atom. The van der Waals surface area contributed by atoms with Crippen LogP contribution in [0.5, 0.6) is 5.75 Å². The molecule has 1 aliphatic rings. The monoisotopic (exact) mass is 640 g/mol. The molecular formula is C28H31F3N4O6S2. The Labute approximate surface area is 251 Å². The minimum absolute atomic E-state index is 0.0105. The van der Waals surface area contributed by atoms with Crippen LogP contribution in [0, 0.1) is 5.92 Å². The first-order valence-electron chi connectivity index (χ1n) is 13.2. The van der Waals surface area contributed by atoms with Gasteiger partial charge in [-0.1, -0.05) is 19.1 Å². The van der Waals surface area contributed by atoms with Gasteiger partial charge >= 0.3 is 12.2 Å². The van der Waals surface area contributed by atoms with Crippen LogP contribution in [-0.2, 0) is 16.2 Å². The van der Waals surface area contributed by atoms with Gasteiger partial charge in [-0.05, 0) is 54.8 Å². The molecule has 232 valence electrons. The number of aliphatic hydroxyl groups excluding tert-OH is 1. The predicted octanol–water partition coefficient (Wildman–Crippen LogP) is 4.95. The largest absolute Gasteiger partial charge is 0.486 e. The summed E-state index contributed by atoms with van der Waals surface area (Å²) in [6.07, 6.45) is -5.32. The molecule has 15 heteroatoms. The van der Waals surface area contributed by atoms with E-state index in [2.05, 4.69) is 10.6 Å². The normalized spacial score (nSPS) is 18.3. The van der Waals surface area contributed by atoms with E-state index in [4.69, 9.17) is 4.74 Å². The molecule has 43 heavy (non-hydrogen) atoms. The lowest BCUT2D eigenvalue weighted by atomic mass is 9.99. The standard InChI is InChI=1S/C28H31F3N4O6S2/c1-17-14-35(18(2)16-36)26(37)21-6-4-7-22(33-27(38)32-20-11-9-19(10-12-20)28(29,30)31)25(21)41-23(17)15-34(3)43(39,40)24-8-5-13-42-24/h4-13,17-18,23,36H,14-16H2,1-3H3,(H2,32,33,38)/t17-,18-,23+/m0/s1. The average Bonchev–Trinajstić information content (AvgIpc) is 3.51. The highest BCUT2D eigenvalue weighted by Gasteiger charge is 2.36. The summed E-state index contributed by atoms with van der Waals surface area (Å²) in [5.41, 5.74) is -0.623. The first-order valence-corrected chi connectivity index (χ1v) is 15.5. The van der Waals surface area contributed by atoms with Crippen LogP contribution < -0.4 is 15.4 Å². The van der Waals surface area contributed by atoms with Crippen molar-refractivity contribution in [2.45, 2.75) is 36.4 Å². The lowest BCUT2D eigenvalue weighted by molar-refractivity contribution is -0.137. The molecule has 3 N–H and O–H groups in total. The number of hydrogen-bond donors (Lipinski definition) is 3. The lowest BCUT2D eigenvalue weighted by Crippen LogP contribution is -2.50. The third kappa shape index (κ3) is 7.29. The first-order chi connectivity index (χ1) is 20.2. The van der Waals surface area contributed by atoms with Crippen LogP contribution in [0.1, 0.15) is 29.8 Å². The van der Waals surface area contributed by atoms with Gasteiger partial charge in [-0.3, -0.25) is 4.79 Å². The average molecular weight is 641 g/mol. The number of amides is 3. The Morgan fingerprint density at radius 1 is 1.16 bits per heavy atom. The summed E-state index contributed by atoms with van der Waals surface area (Å²) in [5, 5.41) is 16.5. The second-order valence-corrected chi connectivity index (χ2v) is 13.4. The number of thiophene rings is 1. The van der Waals surface area contributed by atoms with E-state index in [0.29, 0.717) is 0 Å². The fraction of sp³-hybridized carbons (Fsp3) is 0.357. The number of alkyl halides is 3. The molecule has 0 aliphatic carbocycles. The lowest BCUT2D eigenvalue weighted by Gasteiger charge is -2.38. The molecule has 0 bridgehead atoms. The van der Waals surface area contributed by atoms with Crippen molar-refractivity contribution < 1.29 is 41.0 Å². The van der Waals surface area contributed by atoms with Crippen molar-refractivity contribution in [2.75, 3.05) is 37.4 Å². The van der Waals surface area contributed by atoms with E-state index in [1.54, 1.807) is 25.3 Å². The van der Waals surface area contributed by atoms with E-state index in [1.165, 1.54) is 36.2 Å². The number of urea groups is 1. The highest BCUT2D eigenvalue weighted by molar-refractivity contribution is 7.91. The first kappa shape index (κ1) is 32.3. The number of hydrogen-bond acceptors (Lipinski definition) is 7. The van der Waals surface area contributed by atoms with Crippen LogP contribution in [-0.4, -0.2) is 73.6 Å². The third-order valence-corrected chi connectivity index (χ3v) is 10.2. The summed E-state index contributed by atoms with van der Waals surface area (Å²) in [5.74, 6) is -0.891. The zero-order valence-electron chi connectivity index (χ0n) is 23.5. The highest BCUT2D eigenvalue weighted by Crippen LogP contribution is 2.36. The van der Waals surface area contributed by atoms with Gasteiger partial charge in [0.25, 0.3) is 15.9 Å². The Kier molecular flexibility index (Phi) is 9.69. The minimum Gasteiger partial charge on any atom is -0.486 e. The smallest absolute Gasteiger partial charge is 0.416 e. The number of nitrogens with one attached hydrogen (secondary N) is 2. The summed E-state index contributed by atoms with van der Waals surface area (Å²) < 4.78 is 72.7. The van der Waals surface area contributed by atoms with Crippen molar-refractivity contribution in [1.29, 1.82) is 0 Å². The van der Waals surface area contributed by atoms with E-state index in [1.807, 2.05) is 0 Å². The van der Waals surface area contributed by atoms with E-state index in [0.717, 1.165) is 39.9 Å². The van der Waals surface area contributed by atoms with E-state index in [-0.39, 0.29) is 46.6 Å². The number of nitrogens with zero attached hydrogens (tertiary/aromatic N) is 2. The number of likely N-dealkylation sites (N-methyl/N-ethyl adjacent to an activating group) is 1. The quantitative estimate of drug-likeness (QED) is 0.320. The molecule has 0 spiro atoms. The molecule has 10 nitrogen and oxygen atoms in total. The number of para-hydroxylation sites is 1. The topological polar surface area (TPSA) is 128 Å². The van der Waals surface area contributed by atoms with Crippen molar-refractivity contribution >= 4 is 44.7 Å². The van der Waals surface area contributed by atoms with Crippen molar-refractivity contribution in [1.82, 2.24) is 9.21 Å². The van der Waals surface area contributed by atoms with Gasteiger partial charge in [0.1, 0.15) is 10.3 Å². The molecule has 2 heterocycles. The second-order valence-electron chi connectivity index (χ2n) is 10.2. The van der Waals surface area contributed by atoms with Crippen LogP contribution >= 0.6 is 11.3 Å². The summed E-state index contributed by atoms with van der Waals surface area (Å²) in [6.45, 7) is 3.21. The predicted molar refractivity (Wildman–Crippen MR) is 156 cm³/mol. The maximum absolute atomic E-state index is 13.6. The van der Waals surface area contributed by atoms with Gasteiger partial charge < -0.3 is 25.4 Å². The van der Waals surface area contributed by atoms with Crippen molar-refractivity contribution in [3.05, 3.63) is 71.1 Å². The zero-order valence-corrected chi connectivity index (χ0v) is 25.1. The van der Waals surface area contributed by atoms with E-state index >= 15 is 0 Å². The third-order valence-electron chi connectivity index (χ3n) is 7.01. The molecule has 2 aromatic carbocycles. The number of sulfonamides is 1. The number of rotatable bonds is 8. The number of aliphatic hydroxyl groups is 1. The van der Waals surface area contributed by atoms with Crippen LogP contribution in [0.3, 0.4) is 0 Å². The molecule has 3 atom stereocenters. The molecule has 1 aliphatic heterocycles. The zero-order chi connectivity index (χ0) is 31.5. The fourth-order valence-electron chi connectivity index (χ4n) is 4.50. The van der Waals surface area contributed by atoms with Gasteiger partial charge in [-0.2, -0.15) is 17.5 Å². The van der Waals surface area contributed by atoms with Crippen LogP contribution in [0.15, 0.2) is 64.2 Å². The SMILES string of the molecule is C[C@H]1CN([C@@H](C)CO)C(=O)c2cccc(NC(=O)Nc3ccc(C(F)(F)F)cc3)c2O[C@@H]1CN(C)S(=O)(=O)c1cccs1. The number of ether oxygens (including phenoxy) is 1. The number of carbonyl (C=O) groups excluding carboxylic acids is 2. The maximum Gasteiger partial charge on any atom is 0.416 e. The van der Waals surface area contributed by atoms with Crippen LogP contribution in [0.4, 0.5) is 29.3 Å². The maximum atomic E-state index is 13.6. The molecule has 0 unspecified atom stereocenters. The number of anilines is 2. The van der Waals surface area contributed by atoms with Crippen LogP contribution in [0.2, 0.25) is 0 Å². The molecule has 0 radical (unpaired) electrons. The van der Waals surface area contributed by atoms with Gasteiger partial charge in [-0.15, -0.1) is 11.3 Å². The van der Waals surface area contributed by atoms with Gasteiger partial charge in [0.15, 0.2) is 5.75 Å². The fourth-order valence-corrected chi connectivity index (χ4v) is 6.89. The Balaban J connectivity index is 1.65. The number of halogens is 3. The molecule has 4 rings (SSSR count). The van der Waals surface area contributed by atoms with Gasteiger partial charge in [-0.25, -0.2) is 13.2 Å². The minimum atomic E-state index is -4.53. The summed E-state index contributed by atoms with van der Waals surface area (Å²) >= 11 is 1.08. The second kappa shape index (κ2) is 12.9. The molecule has 1 aromatic heterocycles. The van der Waals surface area contributed by atoms with E-state index < -0.39 is 51.8 Å². The van der Waals surface area contributed by atoms with E-state index in [9.17, 15) is 36.3 Å². The number of carbonyl (C=O) groups is 2.